The van der Waals surface area contributed by atoms with Crippen LogP contribution in [0, 0.1) is 0 Å². The maximum Gasteiger partial charge on any atom is 0.338 e. The van der Waals surface area contributed by atoms with Crippen LogP contribution in [0.4, 0.5) is 5.69 Å². The van der Waals surface area contributed by atoms with Gasteiger partial charge in [0.1, 0.15) is 0 Å². The topological polar surface area (TPSA) is 94.3 Å². The molecule has 0 fully saturated rings. The molecule has 7 nitrogen and oxygen atoms in total. The van der Waals surface area contributed by atoms with Crippen LogP contribution in [-0.4, -0.2) is 34.4 Å². The van der Waals surface area contributed by atoms with E-state index >= 15 is 0 Å². The minimum absolute atomic E-state index is 0.151. The molecule has 0 atom stereocenters. The summed E-state index contributed by atoms with van der Waals surface area (Å²) < 4.78 is 10.3. The molecule has 0 aliphatic heterocycles. The number of hydrogen-bond donors (Lipinski definition) is 1. The van der Waals surface area contributed by atoms with Crippen LogP contribution in [0.5, 0.6) is 0 Å². The number of thioether (sulfide) groups is 1. The van der Waals surface area contributed by atoms with Gasteiger partial charge >= 0.3 is 5.97 Å². The lowest BCUT2D eigenvalue weighted by Crippen LogP contribution is -2.14. The third kappa shape index (κ3) is 5.09. The lowest BCUT2D eigenvalue weighted by atomic mass is 10.2. The summed E-state index contributed by atoms with van der Waals surface area (Å²) in [5.41, 5.74) is 1.04. The lowest BCUT2D eigenvalue weighted by Gasteiger charge is -2.05. The number of benzene rings is 1. The zero-order valence-corrected chi connectivity index (χ0v) is 14.6. The summed E-state index contributed by atoms with van der Waals surface area (Å²) in [4.78, 5) is 23.5. The molecule has 1 N–H and O–H groups in total. The van der Waals surface area contributed by atoms with Crippen LogP contribution in [-0.2, 0) is 9.53 Å². The number of nitrogens with one attached hydrogen (secondary N) is 1. The smallest absolute Gasteiger partial charge is 0.338 e. The quantitative estimate of drug-likeness (QED) is 0.606. The van der Waals surface area contributed by atoms with Gasteiger partial charge in [0.25, 0.3) is 5.22 Å². The number of anilines is 1. The second-order valence-electron chi connectivity index (χ2n) is 5.20. The van der Waals surface area contributed by atoms with E-state index < -0.39 is 0 Å². The molecule has 0 unspecified atom stereocenters. The van der Waals surface area contributed by atoms with Gasteiger partial charge in [-0.05, 0) is 31.2 Å². The highest BCUT2D eigenvalue weighted by Gasteiger charge is 2.12. The van der Waals surface area contributed by atoms with Gasteiger partial charge in [-0.25, -0.2) is 4.79 Å². The minimum atomic E-state index is -0.386. The zero-order valence-electron chi connectivity index (χ0n) is 13.7. The average molecular weight is 349 g/mol. The fourth-order valence-corrected chi connectivity index (χ4v) is 2.31. The van der Waals surface area contributed by atoms with Crippen LogP contribution in [0.1, 0.15) is 42.9 Å². The van der Waals surface area contributed by atoms with Crippen molar-refractivity contribution in [1.82, 2.24) is 10.2 Å². The summed E-state index contributed by atoms with van der Waals surface area (Å²) in [6.07, 6.45) is 0. The summed E-state index contributed by atoms with van der Waals surface area (Å²) in [6, 6.07) is 6.51. The van der Waals surface area contributed by atoms with Crippen molar-refractivity contribution in [2.24, 2.45) is 0 Å². The highest BCUT2D eigenvalue weighted by Crippen LogP contribution is 2.20. The summed E-state index contributed by atoms with van der Waals surface area (Å²) in [5.74, 6) is 0.266. The van der Waals surface area contributed by atoms with Gasteiger partial charge in [-0.2, -0.15) is 0 Å². The fraction of sp³-hybridized carbons (Fsp3) is 0.375. The molecule has 0 aliphatic carbocycles. The van der Waals surface area contributed by atoms with Crippen molar-refractivity contribution < 1.29 is 18.7 Å². The molecular weight excluding hydrogens is 330 g/mol. The number of rotatable bonds is 7. The molecule has 2 aromatic rings. The van der Waals surface area contributed by atoms with Gasteiger partial charge in [0.15, 0.2) is 0 Å². The molecule has 1 aromatic heterocycles. The largest absolute Gasteiger partial charge is 0.462 e. The Morgan fingerprint density at radius 3 is 2.54 bits per heavy atom. The number of ether oxygens (including phenoxy) is 1. The standard InChI is InChI=1S/C16H19N3O4S/c1-4-22-15(21)11-5-7-12(8-6-11)17-13(20)9-24-16-19-18-14(23-16)10(2)3/h5-8,10H,4,9H2,1-3H3,(H,17,20). The van der Waals surface area contributed by atoms with Crippen LogP contribution in [0.15, 0.2) is 33.9 Å². The average Bonchev–Trinajstić information content (AvgIpc) is 3.03. The van der Waals surface area contributed by atoms with E-state index in [0.29, 0.717) is 29.0 Å². The van der Waals surface area contributed by atoms with Crippen molar-refractivity contribution in [3.8, 4) is 0 Å². The van der Waals surface area contributed by atoms with Crippen molar-refractivity contribution in [3.05, 3.63) is 35.7 Å². The van der Waals surface area contributed by atoms with Crippen LogP contribution in [0.2, 0.25) is 0 Å². The second-order valence-corrected chi connectivity index (χ2v) is 6.12. The van der Waals surface area contributed by atoms with E-state index in [0.717, 1.165) is 0 Å². The van der Waals surface area contributed by atoms with E-state index in [2.05, 4.69) is 15.5 Å². The highest BCUT2D eigenvalue weighted by atomic mass is 32.2. The first-order valence-electron chi connectivity index (χ1n) is 7.52. The first-order chi connectivity index (χ1) is 11.5. The molecular formula is C16H19N3O4S. The number of aromatic nitrogens is 2. The second kappa shape index (κ2) is 8.49. The van der Waals surface area contributed by atoms with Gasteiger partial charge < -0.3 is 14.5 Å². The van der Waals surface area contributed by atoms with E-state index in [1.54, 1.807) is 31.2 Å². The maximum atomic E-state index is 11.9. The number of nitrogens with zero attached hydrogens (tertiary/aromatic N) is 2. The minimum Gasteiger partial charge on any atom is -0.462 e. The lowest BCUT2D eigenvalue weighted by molar-refractivity contribution is -0.113. The van der Waals surface area contributed by atoms with Gasteiger partial charge in [-0.15, -0.1) is 10.2 Å². The Bertz CT molecular complexity index is 698. The summed E-state index contributed by atoms with van der Waals surface area (Å²) in [7, 11) is 0. The van der Waals surface area contributed by atoms with E-state index in [9.17, 15) is 9.59 Å². The number of hydrogen-bond acceptors (Lipinski definition) is 7. The highest BCUT2D eigenvalue weighted by molar-refractivity contribution is 7.99. The van der Waals surface area contributed by atoms with E-state index in [1.807, 2.05) is 13.8 Å². The van der Waals surface area contributed by atoms with E-state index in [-0.39, 0.29) is 23.5 Å². The van der Waals surface area contributed by atoms with Crippen molar-refractivity contribution in [1.29, 1.82) is 0 Å². The normalized spacial score (nSPS) is 10.7. The molecule has 2 rings (SSSR count). The molecule has 0 saturated heterocycles. The van der Waals surface area contributed by atoms with Crippen LogP contribution >= 0.6 is 11.8 Å². The van der Waals surface area contributed by atoms with Crippen molar-refractivity contribution in [2.75, 3.05) is 17.7 Å². The molecule has 0 radical (unpaired) electrons. The number of carbonyl (C=O) groups excluding carboxylic acids is 2. The first-order valence-corrected chi connectivity index (χ1v) is 8.51. The van der Waals surface area contributed by atoms with Gasteiger partial charge in [-0.3, -0.25) is 4.79 Å². The van der Waals surface area contributed by atoms with Crippen LogP contribution in [0.25, 0.3) is 0 Å². The Morgan fingerprint density at radius 1 is 1.25 bits per heavy atom. The summed E-state index contributed by atoms with van der Waals surface area (Å²) in [6.45, 7) is 5.98. The summed E-state index contributed by atoms with van der Waals surface area (Å²) in [5, 5.41) is 10.9. The maximum absolute atomic E-state index is 11.9. The third-order valence-electron chi connectivity index (χ3n) is 2.92. The molecule has 0 aliphatic rings. The van der Waals surface area contributed by atoms with Gasteiger partial charge in [0, 0.05) is 11.6 Å². The molecule has 1 amide bonds. The number of esters is 1. The number of carbonyl (C=O) groups is 2. The predicted molar refractivity (Wildman–Crippen MR) is 90.1 cm³/mol. The fourth-order valence-electron chi connectivity index (χ4n) is 1.74. The van der Waals surface area contributed by atoms with Gasteiger partial charge in [0.2, 0.25) is 11.8 Å². The molecule has 128 valence electrons. The van der Waals surface area contributed by atoms with Crippen LogP contribution < -0.4 is 5.32 Å². The molecule has 0 saturated carbocycles. The van der Waals surface area contributed by atoms with Crippen LogP contribution in [0.3, 0.4) is 0 Å². The van der Waals surface area contributed by atoms with Gasteiger partial charge in [0.05, 0.1) is 17.9 Å². The molecule has 8 heteroatoms. The monoisotopic (exact) mass is 349 g/mol. The molecule has 0 spiro atoms. The van der Waals surface area contributed by atoms with Gasteiger partial charge in [-0.1, -0.05) is 25.6 Å². The van der Waals surface area contributed by atoms with E-state index in [4.69, 9.17) is 9.15 Å². The van der Waals surface area contributed by atoms with E-state index in [1.165, 1.54) is 11.8 Å². The Morgan fingerprint density at radius 2 is 1.96 bits per heavy atom. The molecule has 1 heterocycles. The zero-order chi connectivity index (χ0) is 17.5. The van der Waals surface area contributed by atoms with Crippen molar-refractivity contribution in [3.63, 3.8) is 0 Å². The first kappa shape index (κ1) is 18.0. The Balaban J connectivity index is 1.84. The predicted octanol–water partition coefficient (Wildman–Crippen LogP) is 3.10. The van der Waals surface area contributed by atoms with Crippen molar-refractivity contribution >= 4 is 29.3 Å². The SMILES string of the molecule is CCOC(=O)c1ccc(NC(=O)CSc2nnc(C(C)C)o2)cc1. The Hall–Kier alpha value is -2.35. The van der Waals surface area contributed by atoms with Crippen molar-refractivity contribution in [2.45, 2.75) is 31.9 Å². The molecule has 24 heavy (non-hydrogen) atoms. The molecule has 1 aromatic carbocycles. The third-order valence-corrected chi connectivity index (χ3v) is 3.74. The summed E-state index contributed by atoms with van der Waals surface area (Å²) >= 11 is 1.17. The Kier molecular flexibility index (Phi) is 6.36. The molecule has 0 bridgehead atoms. The number of amides is 1. The Labute approximate surface area is 144 Å².